The van der Waals surface area contributed by atoms with Gasteiger partial charge in [-0.25, -0.2) is 15.0 Å². The molecular weight excluding hydrogens is 400 g/mol. The number of fused-ring (bicyclic) bond motifs is 4. The number of benzene rings is 1. The average molecular weight is 429 g/mol. The van der Waals surface area contributed by atoms with Crippen molar-refractivity contribution < 1.29 is 4.74 Å². The molecule has 1 spiro atoms. The van der Waals surface area contributed by atoms with Gasteiger partial charge in [-0.3, -0.25) is 0 Å². The van der Waals surface area contributed by atoms with E-state index in [1.165, 1.54) is 12.1 Å². The molecule has 1 saturated carbocycles. The highest BCUT2D eigenvalue weighted by Gasteiger charge is 2.44. The van der Waals surface area contributed by atoms with Crippen molar-refractivity contribution in [1.29, 1.82) is 0 Å². The molecule has 1 aromatic carbocycles. The molecule has 2 aromatic heterocycles. The molecule has 32 heavy (non-hydrogen) atoms. The van der Waals surface area contributed by atoms with Crippen LogP contribution in [-0.2, 0) is 5.60 Å². The Morgan fingerprint density at radius 2 is 1.75 bits per heavy atom. The van der Waals surface area contributed by atoms with E-state index in [1.54, 1.807) is 6.20 Å². The fourth-order valence-corrected chi connectivity index (χ4v) is 5.17. The average Bonchev–Trinajstić information content (AvgIpc) is 2.86. The SMILES string of the molecule is c1cnc2c(c1)-c1cnc(Nc3ccc(N4CCNCC4)cc3)nc1C1(CCCCC1)O2. The monoisotopic (exact) mass is 428 g/mol. The van der Waals surface area contributed by atoms with Crippen LogP contribution in [0.4, 0.5) is 17.3 Å². The maximum absolute atomic E-state index is 6.54. The van der Waals surface area contributed by atoms with Gasteiger partial charge in [0.1, 0.15) is 0 Å². The fourth-order valence-electron chi connectivity index (χ4n) is 5.17. The lowest BCUT2D eigenvalue weighted by molar-refractivity contribution is 0.0154. The molecule has 2 fully saturated rings. The van der Waals surface area contributed by atoms with Crippen molar-refractivity contribution >= 4 is 17.3 Å². The van der Waals surface area contributed by atoms with Crippen LogP contribution in [0.3, 0.4) is 0 Å². The van der Waals surface area contributed by atoms with Gasteiger partial charge in [0.2, 0.25) is 11.8 Å². The van der Waals surface area contributed by atoms with E-state index in [4.69, 9.17) is 9.72 Å². The zero-order valence-electron chi connectivity index (χ0n) is 18.2. The first-order valence-electron chi connectivity index (χ1n) is 11.7. The highest BCUT2D eigenvalue weighted by atomic mass is 16.5. The minimum Gasteiger partial charge on any atom is -0.464 e. The van der Waals surface area contributed by atoms with E-state index in [0.29, 0.717) is 11.8 Å². The zero-order valence-corrected chi connectivity index (χ0v) is 18.2. The summed E-state index contributed by atoms with van der Waals surface area (Å²) in [6.07, 6.45) is 9.17. The van der Waals surface area contributed by atoms with Gasteiger partial charge in [0.05, 0.1) is 5.69 Å². The summed E-state index contributed by atoms with van der Waals surface area (Å²) in [5, 5.41) is 6.81. The second-order valence-electron chi connectivity index (χ2n) is 8.88. The fraction of sp³-hybridized carbons (Fsp3) is 0.400. The smallest absolute Gasteiger partial charge is 0.227 e. The van der Waals surface area contributed by atoms with E-state index in [1.807, 2.05) is 18.3 Å². The van der Waals surface area contributed by atoms with Crippen molar-refractivity contribution in [3.63, 3.8) is 0 Å². The largest absolute Gasteiger partial charge is 0.464 e. The van der Waals surface area contributed by atoms with Gasteiger partial charge in [0, 0.05) is 61.1 Å². The molecule has 3 aromatic rings. The van der Waals surface area contributed by atoms with Crippen LogP contribution < -0.4 is 20.3 Å². The van der Waals surface area contributed by atoms with Crippen LogP contribution in [0.25, 0.3) is 11.1 Å². The summed E-state index contributed by atoms with van der Waals surface area (Å²) in [4.78, 5) is 16.6. The van der Waals surface area contributed by atoms with Crippen molar-refractivity contribution in [2.24, 2.45) is 0 Å². The van der Waals surface area contributed by atoms with Crippen LogP contribution in [0, 0.1) is 0 Å². The summed E-state index contributed by atoms with van der Waals surface area (Å²) >= 11 is 0. The second-order valence-corrected chi connectivity index (χ2v) is 8.88. The third-order valence-electron chi connectivity index (χ3n) is 6.84. The molecule has 1 aliphatic carbocycles. The lowest BCUT2D eigenvalue weighted by Crippen LogP contribution is -2.43. The molecule has 2 N–H and O–H groups in total. The Bertz CT molecular complexity index is 1100. The van der Waals surface area contributed by atoms with Crippen LogP contribution in [0.15, 0.2) is 48.8 Å². The van der Waals surface area contributed by atoms with E-state index in [-0.39, 0.29) is 0 Å². The molecule has 3 aliphatic rings. The third kappa shape index (κ3) is 3.46. The third-order valence-corrected chi connectivity index (χ3v) is 6.84. The number of hydrogen-bond donors (Lipinski definition) is 2. The summed E-state index contributed by atoms with van der Waals surface area (Å²) in [6.45, 7) is 4.15. The number of aromatic nitrogens is 3. The molecule has 164 valence electrons. The molecule has 0 atom stereocenters. The first-order valence-corrected chi connectivity index (χ1v) is 11.7. The predicted octanol–water partition coefficient (Wildman–Crippen LogP) is 4.24. The maximum atomic E-state index is 6.54. The van der Waals surface area contributed by atoms with Crippen molar-refractivity contribution in [2.75, 3.05) is 36.4 Å². The van der Waals surface area contributed by atoms with Crippen molar-refractivity contribution in [3.05, 3.63) is 54.5 Å². The number of ether oxygens (including phenoxy) is 1. The van der Waals surface area contributed by atoms with E-state index in [2.05, 4.69) is 49.8 Å². The molecule has 0 amide bonds. The van der Waals surface area contributed by atoms with Gasteiger partial charge in [-0.15, -0.1) is 0 Å². The Hall–Kier alpha value is -3.19. The number of rotatable bonds is 3. The number of nitrogens with one attached hydrogen (secondary N) is 2. The predicted molar refractivity (Wildman–Crippen MR) is 125 cm³/mol. The van der Waals surface area contributed by atoms with Crippen LogP contribution in [0.2, 0.25) is 0 Å². The Labute approximate surface area is 188 Å². The van der Waals surface area contributed by atoms with Gasteiger partial charge < -0.3 is 20.3 Å². The van der Waals surface area contributed by atoms with E-state index < -0.39 is 5.60 Å². The Kier molecular flexibility index (Phi) is 4.91. The molecule has 0 unspecified atom stereocenters. The summed E-state index contributed by atoms with van der Waals surface area (Å²) in [5.41, 5.74) is 4.85. The van der Waals surface area contributed by atoms with E-state index >= 15 is 0 Å². The molecule has 0 radical (unpaired) electrons. The van der Waals surface area contributed by atoms with Gasteiger partial charge in [-0.1, -0.05) is 6.42 Å². The normalized spacial score (nSPS) is 19.1. The first kappa shape index (κ1) is 19.5. The summed E-state index contributed by atoms with van der Waals surface area (Å²) in [5.74, 6) is 1.31. The van der Waals surface area contributed by atoms with E-state index in [0.717, 1.165) is 74.4 Å². The number of hydrogen-bond acceptors (Lipinski definition) is 7. The molecule has 4 heterocycles. The molecule has 2 aliphatic heterocycles. The maximum Gasteiger partial charge on any atom is 0.227 e. The molecule has 6 rings (SSSR count). The van der Waals surface area contributed by atoms with Crippen molar-refractivity contribution in [3.8, 4) is 17.0 Å². The highest BCUT2D eigenvalue weighted by Crippen LogP contribution is 2.49. The second kappa shape index (κ2) is 8.06. The number of nitrogens with zero attached hydrogens (tertiary/aromatic N) is 4. The molecule has 7 heteroatoms. The Morgan fingerprint density at radius 1 is 0.938 bits per heavy atom. The van der Waals surface area contributed by atoms with Gasteiger partial charge in [-0.2, -0.15) is 0 Å². The first-order chi connectivity index (χ1) is 15.8. The van der Waals surface area contributed by atoms with Gasteiger partial charge >= 0.3 is 0 Å². The van der Waals surface area contributed by atoms with Crippen molar-refractivity contribution in [2.45, 2.75) is 37.7 Å². The minimum atomic E-state index is -0.402. The summed E-state index contributed by atoms with van der Waals surface area (Å²) in [7, 11) is 0. The van der Waals surface area contributed by atoms with Crippen molar-refractivity contribution in [1.82, 2.24) is 20.3 Å². The number of pyridine rings is 1. The van der Waals surface area contributed by atoms with Gasteiger partial charge in [-0.05, 0) is 62.1 Å². The Balaban J connectivity index is 1.31. The molecule has 1 saturated heterocycles. The Morgan fingerprint density at radius 3 is 2.56 bits per heavy atom. The van der Waals surface area contributed by atoms with E-state index in [9.17, 15) is 0 Å². The molecular formula is C25H28N6O. The number of anilines is 3. The van der Waals surface area contributed by atoms with Gasteiger partial charge in [0.25, 0.3) is 0 Å². The quantitative estimate of drug-likeness (QED) is 0.646. The van der Waals surface area contributed by atoms with Gasteiger partial charge in [0.15, 0.2) is 5.60 Å². The standard InChI is InChI=1S/C25H28N6O/c1-2-10-25(11-3-1)22-21(20-5-4-12-27-23(20)32-25)17-28-24(30-22)29-18-6-8-19(9-7-18)31-15-13-26-14-16-31/h4-9,12,17,26H,1-3,10-11,13-16H2,(H,28,29,30). The van der Waals surface area contributed by atoms with Crippen LogP contribution in [0.5, 0.6) is 5.88 Å². The summed E-state index contributed by atoms with van der Waals surface area (Å²) < 4.78 is 6.54. The van der Waals surface area contributed by atoms with Crippen LogP contribution in [-0.4, -0.2) is 41.1 Å². The topological polar surface area (TPSA) is 75.2 Å². The summed E-state index contributed by atoms with van der Waals surface area (Å²) in [6, 6.07) is 12.5. The lowest BCUT2D eigenvalue weighted by Gasteiger charge is -2.41. The molecule has 7 nitrogen and oxygen atoms in total. The zero-order chi connectivity index (χ0) is 21.4. The molecule has 0 bridgehead atoms. The highest BCUT2D eigenvalue weighted by molar-refractivity contribution is 5.74. The number of piperazine rings is 1. The minimum absolute atomic E-state index is 0.402. The van der Waals surface area contributed by atoms with Crippen LogP contribution in [0.1, 0.15) is 37.8 Å². The van der Waals surface area contributed by atoms with Crippen LogP contribution >= 0.6 is 0 Å². The lowest BCUT2D eigenvalue weighted by atomic mass is 9.78.